The summed E-state index contributed by atoms with van der Waals surface area (Å²) in [7, 11) is 0. The first-order valence-electron chi connectivity index (χ1n) is 7.71. The molecule has 2 aromatic rings. The zero-order chi connectivity index (χ0) is 15.4. The normalized spacial score (nSPS) is 14.6. The molecule has 22 heavy (non-hydrogen) atoms. The molecule has 1 fully saturated rings. The van der Waals surface area contributed by atoms with Crippen molar-refractivity contribution < 1.29 is 9.18 Å². The topological polar surface area (TPSA) is 33.2 Å². The number of nitrogens with zero attached hydrogens (tertiary/aromatic N) is 2. The minimum absolute atomic E-state index is 0.254. The van der Waals surface area contributed by atoms with Crippen molar-refractivity contribution in [3.8, 4) is 11.3 Å². The highest BCUT2D eigenvalue weighted by Gasteiger charge is 2.18. The van der Waals surface area contributed by atoms with Crippen molar-refractivity contribution in [1.82, 2.24) is 9.88 Å². The lowest BCUT2D eigenvalue weighted by Gasteiger charge is -2.14. The van der Waals surface area contributed by atoms with Gasteiger partial charge in [0.2, 0.25) is 5.91 Å². The summed E-state index contributed by atoms with van der Waals surface area (Å²) in [5, 5.41) is 0. The molecule has 0 saturated carbocycles. The van der Waals surface area contributed by atoms with Crippen LogP contribution in [-0.2, 0) is 11.2 Å². The van der Waals surface area contributed by atoms with Crippen molar-refractivity contribution >= 4 is 5.91 Å². The Kier molecular flexibility index (Phi) is 4.47. The van der Waals surface area contributed by atoms with Crippen LogP contribution in [0.25, 0.3) is 11.3 Å². The van der Waals surface area contributed by atoms with Gasteiger partial charge in [0.25, 0.3) is 0 Å². The van der Waals surface area contributed by atoms with Gasteiger partial charge in [-0.3, -0.25) is 9.78 Å². The number of hydrogen-bond donors (Lipinski definition) is 0. The molecule has 0 N–H and O–H groups in total. The van der Waals surface area contributed by atoms with Crippen LogP contribution < -0.4 is 0 Å². The molecule has 1 aliphatic rings. The van der Waals surface area contributed by atoms with Gasteiger partial charge < -0.3 is 4.90 Å². The van der Waals surface area contributed by atoms with E-state index in [9.17, 15) is 9.18 Å². The summed E-state index contributed by atoms with van der Waals surface area (Å²) in [5.41, 5.74) is 2.29. The smallest absolute Gasteiger partial charge is 0.222 e. The number of hydrogen-bond acceptors (Lipinski definition) is 2. The van der Waals surface area contributed by atoms with E-state index in [4.69, 9.17) is 0 Å². The molecule has 0 bridgehead atoms. The summed E-state index contributed by atoms with van der Waals surface area (Å²) in [5.74, 6) is 0.0170. The SMILES string of the molecule is O=C1CCCN1CCCc1ccc(-c2ccccc2F)nc1. The monoisotopic (exact) mass is 298 g/mol. The van der Waals surface area contributed by atoms with Gasteiger partial charge in [-0.15, -0.1) is 0 Å². The van der Waals surface area contributed by atoms with Crippen molar-refractivity contribution in [2.45, 2.75) is 25.7 Å². The van der Waals surface area contributed by atoms with E-state index in [-0.39, 0.29) is 11.7 Å². The number of carbonyl (C=O) groups is 1. The Bertz CT molecular complexity index is 654. The highest BCUT2D eigenvalue weighted by molar-refractivity contribution is 5.78. The molecule has 2 heterocycles. The summed E-state index contributed by atoms with van der Waals surface area (Å²) < 4.78 is 13.7. The minimum atomic E-state index is -0.254. The fourth-order valence-electron chi connectivity index (χ4n) is 2.82. The highest BCUT2D eigenvalue weighted by Crippen LogP contribution is 2.20. The third kappa shape index (κ3) is 3.32. The first-order chi connectivity index (χ1) is 10.7. The Hall–Kier alpha value is -2.23. The summed E-state index contributed by atoms with van der Waals surface area (Å²) in [6, 6.07) is 10.5. The van der Waals surface area contributed by atoms with Crippen LogP contribution in [-0.4, -0.2) is 28.9 Å². The fraction of sp³-hybridized carbons (Fsp3) is 0.333. The first-order valence-corrected chi connectivity index (χ1v) is 7.71. The van der Waals surface area contributed by atoms with Gasteiger partial charge in [0.05, 0.1) is 5.69 Å². The van der Waals surface area contributed by atoms with Crippen LogP contribution >= 0.6 is 0 Å². The van der Waals surface area contributed by atoms with Crippen LogP contribution in [0.2, 0.25) is 0 Å². The second-order valence-electron chi connectivity index (χ2n) is 5.62. The van der Waals surface area contributed by atoms with Crippen LogP contribution in [0.4, 0.5) is 4.39 Å². The molecule has 0 radical (unpaired) electrons. The Morgan fingerprint density at radius 3 is 2.73 bits per heavy atom. The Morgan fingerprint density at radius 2 is 2.05 bits per heavy atom. The van der Waals surface area contributed by atoms with Crippen molar-refractivity contribution in [1.29, 1.82) is 0 Å². The summed E-state index contributed by atoms with van der Waals surface area (Å²) in [6.45, 7) is 1.71. The van der Waals surface area contributed by atoms with Crippen molar-refractivity contribution in [2.75, 3.05) is 13.1 Å². The molecule has 3 rings (SSSR count). The van der Waals surface area contributed by atoms with Gasteiger partial charge in [-0.1, -0.05) is 18.2 Å². The van der Waals surface area contributed by atoms with E-state index in [1.165, 1.54) is 6.07 Å². The quantitative estimate of drug-likeness (QED) is 0.847. The van der Waals surface area contributed by atoms with Crippen LogP contribution in [0.1, 0.15) is 24.8 Å². The molecule has 4 heteroatoms. The van der Waals surface area contributed by atoms with Crippen LogP contribution in [0.5, 0.6) is 0 Å². The molecule has 0 spiro atoms. The van der Waals surface area contributed by atoms with Crippen molar-refractivity contribution in [3.05, 3.63) is 54.0 Å². The molecule has 1 amide bonds. The lowest BCUT2D eigenvalue weighted by atomic mass is 10.1. The van der Waals surface area contributed by atoms with E-state index in [2.05, 4.69) is 4.98 Å². The van der Waals surface area contributed by atoms with Gasteiger partial charge in [-0.2, -0.15) is 0 Å². The predicted octanol–water partition coefficient (Wildman–Crippen LogP) is 3.44. The summed E-state index contributed by atoms with van der Waals surface area (Å²) in [6.07, 6.45) is 5.30. The number of halogens is 1. The lowest BCUT2D eigenvalue weighted by molar-refractivity contribution is -0.127. The maximum Gasteiger partial charge on any atom is 0.222 e. The van der Waals surface area contributed by atoms with E-state index in [1.54, 1.807) is 24.4 Å². The van der Waals surface area contributed by atoms with Crippen molar-refractivity contribution in [2.24, 2.45) is 0 Å². The van der Waals surface area contributed by atoms with E-state index < -0.39 is 0 Å². The van der Waals surface area contributed by atoms with Crippen molar-refractivity contribution in [3.63, 3.8) is 0 Å². The van der Waals surface area contributed by atoms with Gasteiger partial charge >= 0.3 is 0 Å². The second kappa shape index (κ2) is 6.69. The number of carbonyl (C=O) groups excluding carboxylic acids is 1. The van der Waals surface area contributed by atoms with E-state index in [0.29, 0.717) is 17.7 Å². The van der Waals surface area contributed by atoms with Gasteiger partial charge in [-0.05, 0) is 43.0 Å². The Balaban J connectivity index is 1.58. The molecule has 114 valence electrons. The molecule has 3 nitrogen and oxygen atoms in total. The zero-order valence-electron chi connectivity index (χ0n) is 12.5. The summed E-state index contributed by atoms with van der Waals surface area (Å²) >= 11 is 0. The van der Waals surface area contributed by atoms with Gasteiger partial charge in [0.1, 0.15) is 5.82 Å². The van der Waals surface area contributed by atoms with Crippen LogP contribution in [0, 0.1) is 5.82 Å². The van der Waals surface area contributed by atoms with Crippen LogP contribution in [0.3, 0.4) is 0 Å². The van der Waals surface area contributed by atoms with Gasteiger partial charge in [-0.25, -0.2) is 4.39 Å². The molecule has 1 aliphatic heterocycles. The molecular weight excluding hydrogens is 279 g/mol. The average molecular weight is 298 g/mol. The highest BCUT2D eigenvalue weighted by atomic mass is 19.1. The number of benzene rings is 1. The molecule has 0 aliphatic carbocycles. The van der Waals surface area contributed by atoms with Gasteiger partial charge in [0, 0.05) is 31.3 Å². The number of aromatic nitrogens is 1. The van der Waals surface area contributed by atoms with E-state index in [0.717, 1.165) is 37.9 Å². The maximum atomic E-state index is 13.7. The number of amides is 1. The Labute approximate surface area is 129 Å². The molecule has 1 saturated heterocycles. The number of rotatable bonds is 5. The molecule has 0 unspecified atom stereocenters. The number of likely N-dealkylation sites (tertiary alicyclic amines) is 1. The number of aryl methyl sites for hydroxylation is 1. The standard InChI is InChI=1S/C18H19FN2O/c19-16-7-2-1-6-15(16)17-10-9-14(13-20-17)5-3-11-21-12-4-8-18(21)22/h1-2,6-7,9-10,13H,3-5,8,11-12H2. The minimum Gasteiger partial charge on any atom is -0.343 e. The van der Waals surface area contributed by atoms with E-state index in [1.807, 2.05) is 17.0 Å². The van der Waals surface area contributed by atoms with Crippen LogP contribution in [0.15, 0.2) is 42.6 Å². The average Bonchev–Trinajstić information content (AvgIpc) is 2.94. The lowest BCUT2D eigenvalue weighted by Crippen LogP contribution is -2.25. The zero-order valence-corrected chi connectivity index (χ0v) is 12.5. The number of pyridine rings is 1. The molecule has 1 aromatic heterocycles. The molecule has 0 atom stereocenters. The molecule has 1 aromatic carbocycles. The third-order valence-corrected chi connectivity index (χ3v) is 4.04. The summed E-state index contributed by atoms with van der Waals surface area (Å²) in [4.78, 5) is 17.8. The maximum absolute atomic E-state index is 13.7. The van der Waals surface area contributed by atoms with E-state index >= 15 is 0 Å². The fourth-order valence-corrected chi connectivity index (χ4v) is 2.82. The largest absolute Gasteiger partial charge is 0.343 e. The predicted molar refractivity (Wildman–Crippen MR) is 83.8 cm³/mol. The van der Waals surface area contributed by atoms with Gasteiger partial charge in [0.15, 0.2) is 0 Å². The first kappa shape index (κ1) is 14.7. The Morgan fingerprint density at radius 1 is 1.18 bits per heavy atom. The second-order valence-corrected chi connectivity index (χ2v) is 5.62. The molecular formula is C18H19FN2O. The third-order valence-electron chi connectivity index (χ3n) is 4.04.